The predicted octanol–water partition coefficient (Wildman–Crippen LogP) is 5.71. The number of aromatic amines is 2. The molecule has 1 unspecified atom stereocenters. The molecule has 1 aliphatic heterocycles. The van der Waals surface area contributed by atoms with Gasteiger partial charge in [0.25, 0.3) is 0 Å². The van der Waals surface area contributed by atoms with Gasteiger partial charge in [0, 0.05) is 66.5 Å². The standard InChI is InChI=1S/C29H24F2N8/c30-27(31)20-6-10-39(16-20)15-17-11-21(14-33-13-17)19-1-2-24-23(12-19)26(38-37-24)29-35-25-22(5-9-34-28(25)36-29)18-3-7-32-8-4-18/h1-5,7-9,11-14,20,27H,6,10,15-16H2,(H,37,38)(H,34,35,36). The van der Waals surface area contributed by atoms with E-state index in [4.69, 9.17) is 4.98 Å². The van der Waals surface area contributed by atoms with Crippen molar-refractivity contribution in [3.05, 3.63) is 79.0 Å². The third kappa shape index (κ3) is 4.42. The summed E-state index contributed by atoms with van der Waals surface area (Å²) in [5.41, 5.74) is 7.98. The minimum atomic E-state index is -2.26. The second-order valence-electron chi connectivity index (χ2n) is 9.91. The number of aromatic nitrogens is 7. The third-order valence-corrected chi connectivity index (χ3v) is 7.37. The number of pyridine rings is 3. The van der Waals surface area contributed by atoms with Crippen molar-refractivity contribution in [3.8, 4) is 33.8 Å². The third-order valence-electron chi connectivity index (χ3n) is 7.37. The fourth-order valence-corrected chi connectivity index (χ4v) is 5.37. The molecule has 8 nitrogen and oxygen atoms in total. The molecule has 39 heavy (non-hydrogen) atoms. The van der Waals surface area contributed by atoms with Gasteiger partial charge in [0.2, 0.25) is 6.43 Å². The van der Waals surface area contributed by atoms with Crippen molar-refractivity contribution in [2.45, 2.75) is 19.4 Å². The zero-order chi connectivity index (χ0) is 26.3. The van der Waals surface area contributed by atoms with Crippen molar-refractivity contribution in [2.24, 2.45) is 5.92 Å². The first-order valence-electron chi connectivity index (χ1n) is 12.8. The minimum Gasteiger partial charge on any atom is -0.335 e. The maximum atomic E-state index is 13.1. The Balaban J connectivity index is 1.22. The Morgan fingerprint density at radius 2 is 1.85 bits per heavy atom. The van der Waals surface area contributed by atoms with Crippen molar-refractivity contribution < 1.29 is 8.78 Å². The lowest BCUT2D eigenvalue weighted by atomic mass is 10.0. The molecule has 1 saturated heterocycles. The monoisotopic (exact) mass is 522 g/mol. The van der Waals surface area contributed by atoms with E-state index < -0.39 is 12.3 Å². The van der Waals surface area contributed by atoms with Gasteiger partial charge in [-0.05, 0) is 66.1 Å². The number of hydrogen-bond donors (Lipinski definition) is 2. The molecule has 6 heterocycles. The molecular weight excluding hydrogens is 498 g/mol. The fraction of sp³-hybridized carbons (Fsp3) is 0.207. The highest BCUT2D eigenvalue weighted by atomic mass is 19.3. The molecule has 0 amide bonds. The van der Waals surface area contributed by atoms with Crippen LogP contribution in [0, 0.1) is 5.92 Å². The number of benzene rings is 1. The summed E-state index contributed by atoms with van der Waals surface area (Å²) in [6.07, 6.45) is 7.17. The average molecular weight is 523 g/mol. The Hall–Kier alpha value is -4.57. The Bertz CT molecular complexity index is 1780. The zero-order valence-electron chi connectivity index (χ0n) is 20.9. The van der Waals surface area contributed by atoms with Gasteiger partial charge in [0.1, 0.15) is 5.69 Å². The molecule has 0 aliphatic carbocycles. The highest BCUT2D eigenvalue weighted by Gasteiger charge is 2.29. The quantitative estimate of drug-likeness (QED) is 0.291. The van der Waals surface area contributed by atoms with E-state index in [0.29, 0.717) is 43.2 Å². The number of H-pyrrole nitrogens is 2. The van der Waals surface area contributed by atoms with Gasteiger partial charge >= 0.3 is 0 Å². The summed E-state index contributed by atoms with van der Waals surface area (Å²) in [6.45, 7) is 1.70. The number of alkyl halides is 2. The van der Waals surface area contributed by atoms with Gasteiger partial charge in [0.05, 0.1) is 11.0 Å². The van der Waals surface area contributed by atoms with E-state index in [-0.39, 0.29) is 0 Å². The van der Waals surface area contributed by atoms with Crippen LogP contribution in [-0.2, 0) is 6.54 Å². The first-order valence-corrected chi connectivity index (χ1v) is 12.8. The molecule has 0 saturated carbocycles. The van der Waals surface area contributed by atoms with Gasteiger partial charge in [-0.25, -0.2) is 18.7 Å². The summed E-state index contributed by atoms with van der Waals surface area (Å²) in [7, 11) is 0. The number of nitrogens with one attached hydrogen (secondary N) is 2. The molecule has 1 aromatic carbocycles. The summed E-state index contributed by atoms with van der Waals surface area (Å²) < 4.78 is 26.2. The minimum absolute atomic E-state index is 0.418. The van der Waals surface area contributed by atoms with Crippen LogP contribution in [0.25, 0.3) is 55.8 Å². The second kappa shape index (κ2) is 9.63. The number of hydrogen-bond acceptors (Lipinski definition) is 6. The van der Waals surface area contributed by atoms with Crippen LogP contribution in [0.2, 0.25) is 0 Å². The van der Waals surface area contributed by atoms with Crippen LogP contribution in [0.4, 0.5) is 8.78 Å². The lowest BCUT2D eigenvalue weighted by Crippen LogP contribution is -2.22. The molecule has 0 spiro atoms. The molecule has 194 valence electrons. The topological polar surface area (TPSA) is 99.3 Å². The molecule has 2 N–H and O–H groups in total. The van der Waals surface area contributed by atoms with E-state index in [1.165, 1.54) is 0 Å². The van der Waals surface area contributed by atoms with Crippen molar-refractivity contribution in [3.63, 3.8) is 0 Å². The number of nitrogens with zero attached hydrogens (tertiary/aromatic N) is 6. The first-order chi connectivity index (χ1) is 19.1. The van der Waals surface area contributed by atoms with E-state index in [1.54, 1.807) is 18.6 Å². The van der Waals surface area contributed by atoms with Gasteiger partial charge in [-0.2, -0.15) is 5.10 Å². The molecule has 0 bridgehead atoms. The van der Waals surface area contributed by atoms with Gasteiger partial charge in [0.15, 0.2) is 11.5 Å². The van der Waals surface area contributed by atoms with E-state index >= 15 is 0 Å². The number of fused-ring (bicyclic) bond motifs is 2. The Labute approximate surface area is 222 Å². The highest BCUT2D eigenvalue weighted by Crippen LogP contribution is 2.33. The van der Waals surface area contributed by atoms with Crippen molar-refractivity contribution in [1.82, 2.24) is 40.0 Å². The molecule has 0 radical (unpaired) electrons. The summed E-state index contributed by atoms with van der Waals surface area (Å²) in [4.78, 5) is 23.3. The summed E-state index contributed by atoms with van der Waals surface area (Å²) in [5, 5.41) is 8.59. The maximum Gasteiger partial charge on any atom is 0.242 e. The van der Waals surface area contributed by atoms with Crippen LogP contribution in [0.3, 0.4) is 0 Å². The Morgan fingerprint density at radius 3 is 2.69 bits per heavy atom. The number of rotatable bonds is 6. The number of halogens is 2. The van der Waals surface area contributed by atoms with E-state index in [1.807, 2.05) is 42.7 Å². The SMILES string of the molecule is FC(F)C1CCN(Cc2cncc(-c3ccc4[nH]nc(-c5nc6nccc(-c7ccncc7)c6[nH]5)c4c3)c2)C1. The lowest BCUT2D eigenvalue weighted by Gasteiger charge is -2.16. The molecule has 6 aromatic rings. The van der Waals surface area contributed by atoms with Crippen molar-refractivity contribution in [1.29, 1.82) is 0 Å². The molecule has 1 fully saturated rings. The van der Waals surface area contributed by atoms with Crippen LogP contribution in [0.1, 0.15) is 12.0 Å². The maximum absolute atomic E-state index is 13.1. The largest absolute Gasteiger partial charge is 0.335 e. The molecule has 1 atom stereocenters. The lowest BCUT2D eigenvalue weighted by molar-refractivity contribution is 0.0803. The molecule has 5 aromatic heterocycles. The first kappa shape index (κ1) is 23.5. The van der Waals surface area contributed by atoms with Crippen LogP contribution < -0.4 is 0 Å². The van der Waals surface area contributed by atoms with E-state index in [2.05, 4.69) is 47.2 Å². The van der Waals surface area contributed by atoms with Crippen molar-refractivity contribution >= 4 is 22.1 Å². The Kier molecular flexibility index (Phi) is 5.81. The molecule has 7 rings (SSSR count). The summed E-state index contributed by atoms with van der Waals surface area (Å²) in [5.74, 6) is 0.0780. The van der Waals surface area contributed by atoms with E-state index in [9.17, 15) is 8.78 Å². The highest BCUT2D eigenvalue weighted by molar-refractivity contribution is 5.97. The average Bonchev–Trinajstić information content (AvgIpc) is 3.71. The van der Waals surface area contributed by atoms with Crippen LogP contribution in [0.5, 0.6) is 0 Å². The smallest absolute Gasteiger partial charge is 0.242 e. The normalized spacial score (nSPS) is 16.1. The number of imidazole rings is 1. The predicted molar refractivity (Wildman–Crippen MR) is 145 cm³/mol. The van der Waals surface area contributed by atoms with Crippen LogP contribution >= 0.6 is 0 Å². The molecular formula is C29H24F2N8. The van der Waals surface area contributed by atoms with E-state index in [0.717, 1.165) is 44.2 Å². The molecule has 10 heteroatoms. The second-order valence-corrected chi connectivity index (χ2v) is 9.91. The zero-order valence-corrected chi connectivity index (χ0v) is 20.9. The summed E-state index contributed by atoms with van der Waals surface area (Å²) >= 11 is 0. The number of likely N-dealkylation sites (tertiary alicyclic amines) is 1. The Morgan fingerprint density at radius 1 is 0.949 bits per heavy atom. The van der Waals surface area contributed by atoms with Crippen LogP contribution in [0.15, 0.2) is 73.4 Å². The fourth-order valence-electron chi connectivity index (χ4n) is 5.37. The van der Waals surface area contributed by atoms with Gasteiger partial charge in [-0.15, -0.1) is 0 Å². The van der Waals surface area contributed by atoms with Gasteiger partial charge in [-0.1, -0.05) is 6.07 Å². The van der Waals surface area contributed by atoms with Crippen molar-refractivity contribution in [2.75, 3.05) is 13.1 Å². The van der Waals surface area contributed by atoms with Gasteiger partial charge in [-0.3, -0.25) is 20.0 Å². The molecule has 1 aliphatic rings. The van der Waals surface area contributed by atoms with Crippen LogP contribution in [-0.4, -0.2) is 59.5 Å². The van der Waals surface area contributed by atoms with Gasteiger partial charge < -0.3 is 4.98 Å². The summed E-state index contributed by atoms with van der Waals surface area (Å²) in [6, 6.07) is 14.0.